The number of rotatable bonds is 6. The third kappa shape index (κ3) is 4.92. The smallest absolute Gasteiger partial charge is 0.339 e. The van der Waals surface area contributed by atoms with Gasteiger partial charge in [-0.25, -0.2) is 13.2 Å². The van der Waals surface area contributed by atoms with Crippen LogP contribution in [0.1, 0.15) is 20.7 Å². The molecular weight excluding hydrogens is 531 g/mol. The first-order valence-corrected chi connectivity index (χ1v) is 12.7. The summed E-state index contributed by atoms with van der Waals surface area (Å²) in [5, 5.41) is 3.07. The van der Waals surface area contributed by atoms with E-state index in [0.717, 1.165) is 4.31 Å². The number of halogens is 2. The summed E-state index contributed by atoms with van der Waals surface area (Å²) in [6, 6.07) is 13.1. The second-order valence-corrected chi connectivity index (χ2v) is 10.2. The number of methoxy groups -OCH3 is 2. The predicted octanol–water partition coefficient (Wildman–Crippen LogP) is 4.63. The zero-order valence-corrected chi connectivity index (χ0v) is 21.4. The number of hydrogen-bond donors (Lipinski definition) is 1. The molecule has 1 N–H and O–H groups in total. The number of carbonyl (C=O) groups excluding carboxylic acids is 2. The van der Waals surface area contributed by atoms with Crippen molar-refractivity contribution in [2.75, 3.05) is 37.0 Å². The maximum atomic E-state index is 13.6. The quantitative estimate of drug-likeness (QED) is 0.445. The van der Waals surface area contributed by atoms with E-state index in [0.29, 0.717) is 11.4 Å². The van der Waals surface area contributed by atoms with Crippen molar-refractivity contribution >= 4 is 56.5 Å². The Bertz CT molecular complexity index is 1460. The van der Waals surface area contributed by atoms with E-state index in [1.165, 1.54) is 68.8 Å². The molecule has 0 saturated heterocycles. The van der Waals surface area contributed by atoms with Gasteiger partial charge in [0.1, 0.15) is 23.0 Å². The van der Waals surface area contributed by atoms with E-state index in [9.17, 15) is 18.0 Å². The van der Waals surface area contributed by atoms with Gasteiger partial charge in [-0.05, 0) is 54.6 Å². The summed E-state index contributed by atoms with van der Waals surface area (Å²) in [6.45, 7) is 0.123. The molecule has 4 rings (SSSR count). The lowest BCUT2D eigenvalue weighted by molar-refractivity contribution is 0.0600. The number of ether oxygens (including phenoxy) is 3. The zero-order chi connectivity index (χ0) is 26.0. The molecule has 0 aliphatic carbocycles. The van der Waals surface area contributed by atoms with Gasteiger partial charge in [-0.3, -0.25) is 9.10 Å². The maximum Gasteiger partial charge on any atom is 0.339 e. The second kappa shape index (κ2) is 10.3. The molecule has 9 nitrogen and oxygen atoms in total. The molecule has 0 atom stereocenters. The Morgan fingerprint density at radius 2 is 1.81 bits per heavy atom. The van der Waals surface area contributed by atoms with E-state index < -0.39 is 21.9 Å². The third-order valence-electron chi connectivity index (χ3n) is 5.37. The number of nitrogens with one attached hydrogen (secondary N) is 1. The van der Waals surface area contributed by atoms with Crippen molar-refractivity contribution in [2.24, 2.45) is 0 Å². The lowest BCUT2D eigenvalue weighted by Gasteiger charge is -2.31. The number of amides is 1. The summed E-state index contributed by atoms with van der Waals surface area (Å²) in [5.41, 5.74) is 0.727. The summed E-state index contributed by atoms with van der Waals surface area (Å²) in [5.74, 6) is -0.772. The van der Waals surface area contributed by atoms with Crippen molar-refractivity contribution in [2.45, 2.75) is 4.90 Å². The predicted molar refractivity (Wildman–Crippen MR) is 135 cm³/mol. The van der Waals surface area contributed by atoms with Gasteiger partial charge in [0.25, 0.3) is 15.9 Å². The van der Waals surface area contributed by atoms with E-state index in [4.69, 9.17) is 37.4 Å². The van der Waals surface area contributed by atoms with E-state index in [-0.39, 0.29) is 50.7 Å². The number of benzene rings is 3. The number of anilines is 2. The first-order chi connectivity index (χ1) is 17.1. The van der Waals surface area contributed by atoms with Crippen molar-refractivity contribution in [1.29, 1.82) is 0 Å². The van der Waals surface area contributed by atoms with E-state index >= 15 is 0 Å². The molecule has 0 bridgehead atoms. The van der Waals surface area contributed by atoms with Gasteiger partial charge in [0, 0.05) is 16.3 Å². The van der Waals surface area contributed by atoms with Crippen LogP contribution in [0.2, 0.25) is 10.0 Å². The average Bonchev–Trinajstić information content (AvgIpc) is 2.88. The Kier molecular flexibility index (Phi) is 7.30. The van der Waals surface area contributed by atoms with Gasteiger partial charge >= 0.3 is 5.97 Å². The lowest BCUT2D eigenvalue weighted by Crippen LogP contribution is -2.38. The first-order valence-electron chi connectivity index (χ1n) is 10.5. The van der Waals surface area contributed by atoms with Crippen LogP contribution >= 0.6 is 23.2 Å². The van der Waals surface area contributed by atoms with E-state index in [1.807, 2.05) is 0 Å². The van der Waals surface area contributed by atoms with Crippen molar-refractivity contribution in [3.8, 4) is 11.5 Å². The zero-order valence-electron chi connectivity index (χ0n) is 19.1. The van der Waals surface area contributed by atoms with Crippen LogP contribution in [-0.4, -0.2) is 47.7 Å². The molecule has 3 aromatic carbocycles. The molecule has 0 spiro atoms. The van der Waals surface area contributed by atoms with Crippen molar-refractivity contribution in [3.63, 3.8) is 0 Å². The van der Waals surface area contributed by atoms with Gasteiger partial charge in [0.05, 0.1) is 37.0 Å². The molecule has 36 heavy (non-hydrogen) atoms. The van der Waals surface area contributed by atoms with Crippen LogP contribution in [0.15, 0.2) is 59.5 Å². The van der Waals surface area contributed by atoms with Crippen LogP contribution in [0, 0.1) is 0 Å². The fourth-order valence-electron chi connectivity index (χ4n) is 3.63. The van der Waals surface area contributed by atoms with Gasteiger partial charge in [-0.2, -0.15) is 0 Å². The number of hydrogen-bond acceptors (Lipinski definition) is 7. The van der Waals surface area contributed by atoms with Gasteiger partial charge in [-0.15, -0.1) is 0 Å². The highest BCUT2D eigenvalue weighted by molar-refractivity contribution is 7.93. The minimum Gasteiger partial charge on any atom is -0.495 e. The summed E-state index contributed by atoms with van der Waals surface area (Å²) in [4.78, 5) is 24.8. The highest BCUT2D eigenvalue weighted by Crippen LogP contribution is 2.39. The molecule has 1 heterocycles. The lowest BCUT2D eigenvalue weighted by atomic mass is 10.1. The Hall–Kier alpha value is -3.47. The fourth-order valence-corrected chi connectivity index (χ4v) is 5.69. The van der Waals surface area contributed by atoms with Crippen LogP contribution in [0.3, 0.4) is 0 Å². The van der Waals surface area contributed by atoms with Crippen LogP contribution in [0.25, 0.3) is 0 Å². The number of nitrogens with zero attached hydrogens (tertiary/aromatic N) is 1. The van der Waals surface area contributed by atoms with E-state index in [2.05, 4.69) is 5.32 Å². The molecule has 1 aliphatic rings. The molecular formula is C24H20Cl2N2O7S. The summed E-state index contributed by atoms with van der Waals surface area (Å²) in [6.07, 6.45) is 0. The van der Waals surface area contributed by atoms with Crippen LogP contribution < -0.4 is 19.1 Å². The second-order valence-electron chi connectivity index (χ2n) is 7.54. The standard InChI is InChI=1S/C24H20Cl2N2O7S/c1-33-21-8-4-15(25)12-22(21)36(31,32)28-9-10-35-20-7-3-14(11-19(20)28)23(29)27-16-5-6-18(26)17(13-16)24(30)34-2/h3-8,11-13H,9-10H2,1-2H3,(H,27,29). The molecule has 1 amide bonds. The van der Waals surface area contributed by atoms with Crippen molar-refractivity contribution < 1.29 is 32.2 Å². The van der Waals surface area contributed by atoms with Gasteiger partial charge in [0.2, 0.25) is 0 Å². The molecule has 0 unspecified atom stereocenters. The minimum absolute atomic E-state index is 0.00967. The number of carbonyl (C=O) groups is 2. The number of fused-ring (bicyclic) bond motifs is 1. The van der Waals surface area contributed by atoms with Crippen molar-refractivity contribution in [3.05, 3.63) is 75.8 Å². The van der Waals surface area contributed by atoms with Crippen molar-refractivity contribution in [1.82, 2.24) is 0 Å². The molecule has 188 valence electrons. The topological polar surface area (TPSA) is 111 Å². The van der Waals surface area contributed by atoms with Crippen LogP contribution in [-0.2, 0) is 14.8 Å². The first kappa shape index (κ1) is 25.6. The Balaban J connectivity index is 1.68. The number of sulfonamides is 1. The van der Waals surface area contributed by atoms with Gasteiger partial charge in [0.15, 0.2) is 0 Å². The molecule has 1 aliphatic heterocycles. The highest BCUT2D eigenvalue weighted by atomic mass is 35.5. The Labute approximate surface area is 217 Å². The molecule has 12 heteroatoms. The van der Waals surface area contributed by atoms with Crippen LogP contribution in [0.5, 0.6) is 11.5 Å². The van der Waals surface area contributed by atoms with Gasteiger partial charge in [-0.1, -0.05) is 23.2 Å². The third-order valence-corrected chi connectivity index (χ3v) is 7.76. The largest absolute Gasteiger partial charge is 0.495 e. The monoisotopic (exact) mass is 550 g/mol. The van der Waals surface area contributed by atoms with Gasteiger partial charge < -0.3 is 19.5 Å². The maximum absolute atomic E-state index is 13.6. The molecule has 0 radical (unpaired) electrons. The SMILES string of the molecule is COC(=O)c1cc(NC(=O)c2ccc3c(c2)N(S(=O)(=O)c2cc(Cl)ccc2OC)CCO3)ccc1Cl. The minimum atomic E-state index is -4.12. The molecule has 0 aromatic heterocycles. The average molecular weight is 551 g/mol. The van der Waals surface area contributed by atoms with Crippen LogP contribution in [0.4, 0.5) is 11.4 Å². The molecule has 0 saturated carbocycles. The number of esters is 1. The highest BCUT2D eigenvalue weighted by Gasteiger charge is 2.33. The summed E-state index contributed by atoms with van der Waals surface area (Å²) < 4.78 is 43.9. The van der Waals surface area contributed by atoms with E-state index in [1.54, 1.807) is 0 Å². The molecule has 0 fully saturated rings. The fraction of sp³-hybridized carbons (Fsp3) is 0.167. The summed E-state index contributed by atoms with van der Waals surface area (Å²) in [7, 11) is -1.54. The summed E-state index contributed by atoms with van der Waals surface area (Å²) >= 11 is 12.1. The molecule has 3 aromatic rings. The Morgan fingerprint density at radius 1 is 1.03 bits per heavy atom. The Morgan fingerprint density at radius 3 is 2.53 bits per heavy atom. The normalized spacial score (nSPS) is 12.8.